The van der Waals surface area contributed by atoms with Crippen LogP contribution in [0.4, 0.5) is 8.78 Å². The zero-order valence-electron chi connectivity index (χ0n) is 11.5. The van der Waals surface area contributed by atoms with Crippen molar-refractivity contribution in [3.63, 3.8) is 0 Å². The molecule has 0 saturated heterocycles. The van der Waals surface area contributed by atoms with E-state index in [4.69, 9.17) is 4.74 Å². The average molecular weight is 277 g/mol. The molecule has 4 heteroatoms. The SMILES string of the molecule is COc1ccc(CNC(C)c2cccc(F)c2)cc1F. The molecule has 1 unspecified atom stereocenters. The summed E-state index contributed by atoms with van der Waals surface area (Å²) in [6.45, 7) is 2.44. The van der Waals surface area contributed by atoms with Gasteiger partial charge in [0.1, 0.15) is 5.82 Å². The highest BCUT2D eigenvalue weighted by Crippen LogP contribution is 2.19. The molecule has 0 saturated carbocycles. The van der Waals surface area contributed by atoms with E-state index < -0.39 is 0 Å². The van der Waals surface area contributed by atoms with Gasteiger partial charge >= 0.3 is 0 Å². The zero-order valence-corrected chi connectivity index (χ0v) is 11.5. The van der Waals surface area contributed by atoms with Gasteiger partial charge in [-0.15, -0.1) is 0 Å². The van der Waals surface area contributed by atoms with Gasteiger partial charge in [-0.2, -0.15) is 0 Å². The second-order valence-corrected chi connectivity index (χ2v) is 4.63. The number of hydrogen-bond donors (Lipinski definition) is 1. The molecule has 0 radical (unpaired) electrons. The van der Waals surface area contributed by atoms with Gasteiger partial charge in [0.25, 0.3) is 0 Å². The number of rotatable bonds is 5. The molecule has 2 aromatic carbocycles. The van der Waals surface area contributed by atoms with E-state index in [0.717, 1.165) is 11.1 Å². The lowest BCUT2D eigenvalue weighted by atomic mass is 10.1. The van der Waals surface area contributed by atoms with E-state index in [-0.39, 0.29) is 23.4 Å². The maximum atomic E-state index is 13.5. The average Bonchev–Trinajstić information content (AvgIpc) is 2.45. The van der Waals surface area contributed by atoms with Crippen LogP contribution in [0.25, 0.3) is 0 Å². The molecule has 0 amide bonds. The molecule has 1 N–H and O–H groups in total. The van der Waals surface area contributed by atoms with E-state index in [1.165, 1.54) is 25.3 Å². The van der Waals surface area contributed by atoms with E-state index in [2.05, 4.69) is 5.32 Å². The first-order valence-corrected chi connectivity index (χ1v) is 6.41. The van der Waals surface area contributed by atoms with Gasteiger partial charge in [0, 0.05) is 12.6 Å². The Morgan fingerprint density at radius 2 is 1.95 bits per heavy atom. The third kappa shape index (κ3) is 3.54. The Morgan fingerprint density at radius 1 is 1.15 bits per heavy atom. The fourth-order valence-corrected chi connectivity index (χ4v) is 1.98. The van der Waals surface area contributed by atoms with Crippen LogP contribution in [-0.4, -0.2) is 7.11 Å². The number of halogens is 2. The summed E-state index contributed by atoms with van der Waals surface area (Å²) in [5, 5.41) is 3.23. The summed E-state index contributed by atoms with van der Waals surface area (Å²) in [5.41, 5.74) is 1.67. The van der Waals surface area contributed by atoms with Gasteiger partial charge < -0.3 is 10.1 Å². The largest absolute Gasteiger partial charge is 0.494 e. The van der Waals surface area contributed by atoms with Crippen LogP contribution in [0.1, 0.15) is 24.1 Å². The summed E-state index contributed by atoms with van der Waals surface area (Å²) in [5.74, 6) is -0.413. The molecule has 2 nitrogen and oxygen atoms in total. The van der Waals surface area contributed by atoms with Crippen LogP contribution in [0.3, 0.4) is 0 Å². The van der Waals surface area contributed by atoms with Crippen LogP contribution in [0.15, 0.2) is 42.5 Å². The van der Waals surface area contributed by atoms with Crippen molar-refractivity contribution in [3.05, 3.63) is 65.2 Å². The summed E-state index contributed by atoms with van der Waals surface area (Å²) in [6.07, 6.45) is 0. The first kappa shape index (κ1) is 14.5. The van der Waals surface area contributed by atoms with E-state index >= 15 is 0 Å². The smallest absolute Gasteiger partial charge is 0.165 e. The molecule has 106 valence electrons. The summed E-state index contributed by atoms with van der Waals surface area (Å²) in [4.78, 5) is 0. The van der Waals surface area contributed by atoms with Gasteiger partial charge in [0.05, 0.1) is 7.11 Å². The highest BCUT2D eigenvalue weighted by molar-refractivity contribution is 5.29. The van der Waals surface area contributed by atoms with Gasteiger partial charge in [0.2, 0.25) is 0 Å². The van der Waals surface area contributed by atoms with Crippen molar-refractivity contribution >= 4 is 0 Å². The normalized spacial score (nSPS) is 12.2. The van der Waals surface area contributed by atoms with Crippen LogP contribution >= 0.6 is 0 Å². The van der Waals surface area contributed by atoms with Gasteiger partial charge in [-0.3, -0.25) is 0 Å². The number of ether oxygens (including phenoxy) is 1. The number of hydrogen-bond acceptors (Lipinski definition) is 2. The Balaban J connectivity index is 1.99. The highest BCUT2D eigenvalue weighted by atomic mass is 19.1. The molecule has 0 aliphatic heterocycles. The van der Waals surface area contributed by atoms with Crippen molar-refractivity contribution in [3.8, 4) is 5.75 Å². The minimum Gasteiger partial charge on any atom is -0.494 e. The third-order valence-corrected chi connectivity index (χ3v) is 3.18. The first-order valence-electron chi connectivity index (χ1n) is 6.41. The van der Waals surface area contributed by atoms with E-state index in [1.54, 1.807) is 18.2 Å². The Hall–Kier alpha value is -1.94. The predicted octanol–water partition coefficient (Wildman–Crippen LogP) is 3.82. The van der Waals surface area contributed by atoms with E-state index in [9.17, 15) is 8.78 Å². The molecule has 0 fully saturated rings. The van der Waals surface area contributed by atoms with Crippen LogP contribution in [0.5, 0.6) is 5.75 Å². The van der Waals surface area contributed by atoms with Gasteiger partial charge in [-0.25, -0.2) is 8.78 Å². The number of methoxy groups -OCH3 is 1. The van der Waals surface area contributed by atoms with Gasteiger partial charge in [-0.05, 0) is 42.3 Å². The molecule has 2 aromatic rings. The lowest BCUT2D eigenvalue weighted by Crippen LogP contribution is -2.18. The number of benzene rings is 2. The molecular formula is C16H17F2NO. The molecule has 0 aliphatic rings. The maximum Gasteiger partial charge on any atom is 0.165 e. The van der Waals surface area contributed by atoms with Crippen molar-refractivity contribution < 1.29 is 13.5 Å². The van der Waals surface area contributed by atoms with Crippen molar-refractivity contribution in [1.82, 2.24) is 5.32 Å². The van der Waals surface area contributed by atoms with Gasteiger partial charge in [0.15, 0.2) is 11.6 Å². The summed E-state index contributed by atoms with van der Waals surface area (Å²) < 4.78 is 31.6. The van der Waals surface area contributed by atoms with E-state index in [0.29, 0.717) is 6.54 Å². The van der Waals surface area contributed by atoms with Crippen molar-refractivity contribution in [2.24, 2.45) is 0 Å². The predicted molar refractivity (Wildman–Crippen MR) is 74.6 cm³/mol. The zero-order chi connectivity index (χ0) is 14.5. The topological polar surface area (TPSA) is 21.3 Å². The van der Waals surface area contributed by atoms with Crippen LogP contribution in [0, 0.1) is 11.6 Å². The van der Waals surface area contributed by atoms with Crippen molar-refractivity contribution in [1.29, 1.82) is 0 Å². The molecule has 2 rings (SSSR count). The Labute approximate surface area is 117 Å². The molecule has 0 heterocycles. The summed E-state index contributed by atoms with van der Waals surface area (Å²) >= 11 is 0. The summed E-state index contributed by atoms with van der Waals surface area (Å²) in [6, 6.07) is 11.2. The van der Waals surface area contributed by atoms with Crippen LogP contribution in [0.2, 0.25) is 0 Å². The Bertz CT molecular complexity index is 586. The second kappa shape index (κ2) is 6.48. The Kier molecular flexibility index (Phi) is 4.69. The molecule has 0 spiro atoms. The molecule has 1 atom stereocenters. The van der Waals surface area contributed by atoms with Crippen LogP contribution in [-0.2, 0) is 6.54 Å². The standard InChI is InChI=1S/C16H17F2NO/c1-11(13-4-3-5-14(17)9-13)19-10-12-6-7-16(20-2)15(18)8-12/h3-9,11,19H,10H2,1-2H3. The quantitative estimate of drug-likeness (QED) is 0.897. The van der Waals surface area contributed by atoms with Gasteiger partial charge in [-0.1, -0.05) is 18.2 Å². The molecule has 20 heavy (non-hydrogen) atoms. The molecule has 0 bridgehead atoms. The number of nitrogens with one attached hydrogen (secondary N) is 1. The van der Waals surface area contributed by atoms with Crippen molar-refractivity contribution in [2.45, 2.75) is 19.5 Å². The maximum absolute atomic E-state index is 13.5. The minimum atomic E-state index is -0.384. The molecule has 0 aromatic heterocycles. The first-order chi connectivity index (χ1) is 9.60. The Morgan fingerprint density at radius 3 is 2.60 bits per heavy atom. The van der Waals surface area contributed by atoms with Crippen molar-refractivity contribution in [2.75, 3.05) is 7.11 Å². The fraction of sp³-hybridized carbons (Fsp3) is 0.250. The lowest BCUT2D eigenvalue weighted by Gasteiger charge is -2.14. The highest BCUT2D eigenvalue weighted by Gasteiger charge is 2.07. The summed E-state index contributed by atoms with van der Waals surface area (Å²) in [7, 11) is 1.43. The second-order valence-electron chi connectivity index (χ2n) is 4.63. The fourth-order valence-electron chi connectivity index (χ4n) is 1.98. The van der Waals surface area contributed by atoms with Crippen LogP contribution < -0.4 is 10.1 Å². The monoisotopic (exact) mass is 277 g/mol. The molecular weight excluding hydrogens is 260 g/mol. The minimum absolute atomic E-state index is 0.0177. The third-order valence-electron chi connectivity index (χ3n) is 3.18. The van der Waals surface area contributed by atoms with E-state index in [1.807, 2.05) is 13.0 Å². The molecule has 0 aliphatic carbocycles. The lowest BCUT2D eigenvalue weighted by molar-refractivity contribution is 0.386.